The second-order valence-corrected chi connectivity index (χ2v) is 50.4. The van der Waals surface area contributed by atoms with Gasteiger partial charge in [0.15, 0.2) is 0 Å². The van der Waals surface area contributed by atoms with Gasteiger partial charge in [0.1, 0.15) is 0 Å². The number of allylic oxidation sites excluding steroid dienone is 2. The molecule has 0 aromatic heterocycles. The van der Waals surface area contributed by atoms with Gasteiger partial charge in [-0.1, -0.05) is 26.2 Å². The van der Waals surface area contributed by atoms with E-state index in [9.17, 15) is 8.42 Å². The van der Waals surface area contributed by atoms with Crippen LogP contribution in [-0.2, 0) is 10.0 Å². The van der Waals surface area contributed by atoms with Gasteiger partial charge in [0, 0.05) is 0 Å². The monoisotopic (exact) mass is 987 g/mol. The topological polar surface area (TPSA) is 46.5 Å². The maximum atomic E-state index is 14.9. The molecule has 1 heterocycles. The molecule has 0 N–H and O–H groups in total. The Morgan fingerprint density at radius 3 is 1.11 bits per heavy atom. The molecule has 2 rings (SSSR count). The standard InChI is InChI=1S/C22H32NO2PS.6C4H9.2Sn/c1-2-3-4-5-6-7-8-9-10-16-21-27(24,25)23-26(19-14-15-20-26)22-17-12-11-13-18-22;6*1-3-4-2;;/h11-15,17-18H,2-10,16,21H2,1H3;6*1,3-4H2,2H3;;. The Hall–Kier alpha value is 0.477. The van der Waals surface area contributed by atoms with E-state index in [0.717, 1.165) is 19.3 Å². The van der Waals surface area contributed by atoms with Crippen molar-refractivity contribution in [1.29, 1.82) is 0 Å². The van der Waals surface area contributed by atoms with Gasteiger partial charge in [0.2, 0.25) is 0 Å². The summed E-state index contributed by atoms with van der Waals surface area (Å²) in [5.74, 6) is 0.224. The Kier molecular flexibility index (Phi) is 26.2. The van der Waals surface area contributed by atoms with E-state index < -0.39 is 53.8 Å². The van der Waals surface area contributed by atoms with Crippen LogP contribution in [0.4, 0.5) is 0 Å². The Morgan fingerprint density at radius 1 is 0.453 bits per heavy atom. The fraction of sp³-hybridized carbons (Fsp3) is 0.783. The van der Waals surface area contributed by atoms with E-state index in [1.807, 2.05) is 0 Å². The zero-order chi connectivity index (χ0) is 38.9. The first-order chi connectivity index (χ1) is 25.7. The Balaban J connectivity index is 2.86. The number of sulfonamides is 1. The summed E-state index contributed by atoms with van der Waals surface area (Å²) in [6, 6.07) is 11.2. The molecule has 1 aliphatic rings. The van der Waals surface area contributed by atoms with E-state index in [1.54, 1.807) is 6.66 Å². The van der Waals surface area contributed by atoms with Crippen LogP contribution in [0.5, 0.6) is 0 Å². The summed E-state index contributed by atoms with van der Waals surface area (Å²) in [5, 5.41) is 1.29. The van der Waals surface area contributed by atoms with Gasteiger partial charge in [-0.3, -0.25) is 0 Å². The minimum absolute atomic E-state index is 0.224. The van der Waals surface area contributed by atoms with Crippen molar-refractivity contribution in [3.8, 4) is 0 Å². The quantitative estimate of drug-likeness (QED) is 0.0400. The fourth-order valence-corrected chi connectivity index (χ4v) is 70.2. The molecule has 0 saturated carbocycles. The van der Waals surface area contributed by atoms with Crippen molar-refractivity contribution in [3.05, 3.63) is 49.1 Å². The van der Waals surface area contributed by atoms with Crippen LogP contribution < -0.4 is 5.30 Å². The molecule has 0 amide bonds. The molecular formula is C46H86NO2PSSn2. The summed E-state index contributed by atoms with van der Waals surface area (Å²) >= 11 is -6.32. The number of unbranched alkanes of at least 4 members (excludes halogenated alkanes) is 15. The van der Waals surface area contributed by atoms with Gasteiger partial charge < -0.3 is 0 Å². The van der Waals surface area contributed by atoms with Crippen LogP contribution in [0.2, 0.25) is 26.6 Å². The Labute approximate surface area is 340 Å². The normalized spacial score (nSPS) is 14.8. The van der Waals surface area contributed by atoms with Crippen LogP contribution in [-0.4, -0.2) is 50.9 Å². The van der Waals surface area contributed by atoms with Crippen LogP contribution in [0.1, 0.15) is 190 Å². The van der Waals surface area contributed by atoms with Crippen molar-refractivity contribution in [2.45, 2.75) is 216 Å². The molecule has 3 nitrogen and oxygen atoms in total. The molecule has 0 saturated heterocycles. The number of rotatable bonds is 33. The van der Waals surface area contributed by atoms with Crippen LogP contribution in [0, 0.1) is 0 Å². The third-order valence-corrected chi connectivity index (χ3v) is 59.4. The minimum atomic E-state index is -3.63. The molecule has 0 bridgehead atoms. The molecule has 1 aromatic carbocycles. The predicted molar refractivity (Wildman–Crippen MR) is 247 cm³/mol. The van der Waals surface area contributed by atoms with Crippen molar-refractivity contribution < 1.29 is 8.42 Å². The van der Waals surface area contributed by atoms with Gasteiger partial charge in [-0.05, 0) is 0 Å². The molecule has 53 heavy (non-hydrogen) atoms. The number of benzene rings is 1. The molecule has 0 aliphatic carbocycles. The summed E-state index contributed by atoms with van der Waals surface area (Å²) in [4.78, 5) is 0. The van der Waals surface area contributed by atoms with Crippen molar-refractivity contribution in [3.63, 3.8) is 0 Å². The first-order valence-electron chi connectivity index (χ1n) is 23.1. The molecule has 1 aliphatic heterocycles. The summed E-state index contributed by atoms with van der Waals surface area (Å²) in [6.07, 6.45) is 32.4. The number of nitrogens with zero attached hydrogens (tertiary/aromatic N) is 1. The Morgan fingerprint density at radius 2 is 0.774 bits per heavy atom. The zero-order valence-electron chi connectivity index (χ0n) is 36.2. The number of hydrogen-bond donors (Lipinski definition) is 0. The van der Waals surface area contributed by atoms with Gasteiger partial charge >= 0.3 is 317 Å². The van der Waals surface area contributed by atoms with Crippen LogP contribution in [0.25, 0.3) is 0 Å². The van der Waals surface area contributed by atoms with Gasteiger partial charge in [-0.15, -0.1) is 0 Å². The van der Waals surface area contributed by atoms with E-state index >= 15 is 0 Å². The summed E-state index contributed by atoms with van der Waals surface area (Å²) in [5.41, 5.74) is 0. The predicted octanol–water partition coefficient (Wildman–Crippen LogP) is 16.3. The second kappa shape index (κ2) is 28.0. The Bertz CT molecular complexity index is 1240. The first kappa shape index (κ1) is 49.6. The third-order valence-electron chi connectivity index (χ3n) is 12.4. The van der Waals surface area contributed by atoms with Gasteiger partial charge in [-0.25, -0.2) is 0 Å². The van der Waals surface area contributed by atoms with Crippen molar-refractivity contribution in [2.75, 3.05) is 5.75 Å². The van der Waals surface area contributed by atoms with Crippen molar-refractivity contribution >= 4 is 59.1 Å². The van der Waals surface area contributed by atoms with Crippen LogP contribution in [0.15, 0.2) is 53.3 Å². The van der Waals surface area contributed by atoms with E-state index in [-0.39, 0.29) is 5.75 Å². The molecule has 1 aromatic rings. The third kappa shape index (κ3) is 15.6. The summed E-state index contributed by atoms with van der Waals surface area (Å²) < 4.78 is 47.0. The molecular weight excluding hydrogens is 899 g/mol. The molecule has 0 atom stereocenters. The fourth-order valence-electron chi connectivity index (χ4n) is 9.21. The van der Waals surface area contributed by atoms with E-state index in [2.05, 4.69) is 91.0 Å². The molecule has 0 radical (unpaired) electrons. The molecule has 7 heteroatoms. The summed E-state index contributed by atoms with van der Waals surface area (Å²) in [7, 11) is -6.29. The average Bonchev–Trinajstić information content (AvgIpc) is 3.55. The van der Waals surface area contributed by atoms with Crippen molar-refractivity contribution in [2.24, 2.45) is 4.15 Å². The van der Waals surface area contributed by atoms with Crippen molar-refractivity contribution in [1.82, 2.24) is 0 Å². The van der Waals surface area contributed by atoms with Gasteiger partial charge in [0.05, 0.1) is 0 Å². The van der Waals surface area contributed by atoms with Crippen LogP contribution >= 0.6 is 7.05 Å². The average molecular weight is 986 g/mol. The molecule has 306 valence electrons. The van der Waals surface area contributed by atoms with E-state index in [1.165, 1.54) is 154 Å². The molecule has 0 unspecified atom stereocenters. The molecule has 0 spiro atoms. The number of hydrogen-bond acceptors (Lipinski definition) is 2. The second-order valence-electron chi connectivity index (χ2n) is 16.8. The van der Waals surface area contributed by atoms with Crippen LogP contribution in [0.3, 0.4) is 0 Å². The van der Waals surface area contributed by atoms with E-state index in [4.69, 9.17) is 4.15 Å². The van der Waals surface area contributed by atoms with E-state index in [0.29, 0.717) is 0 Å². The summed E-state index contributed by atoms with van der Waals surface area (Å²) in [6.45, 7) is 16.5. The zero-order valence-corrected chi connectivity index (χ0v) is 43.6. The van der Waals surface area contributed by atoms with Gasteiger partial charge in [-0.2, -0.15) is 0 Å². The molecule has 0 fully saturated rings. The van der Waals surface area contributed by atoms with Gasteiger partial charge in [0.25, 0.3) is 0 Å². The SMILES string of the molecule is CCCCCCCCCCCCS(=O)(=O)N=P1(c2ccccc2)[C]([Sn]([CH2]CCC)([CH2]CCC)[CH2]CCC)=CC=[C]1[Sn]([CH2]CCC)([CH2]CCC)[CH2]CCC. The maximum absolute atomic E-state index is 14.9. The first-order valence-corrected chi connectivity index (χ1v) is 41.4.